The molecule has 1 amide bonds. The van der Waals surface area contributed by atoms with Crippen LogP contribution in [0.1, 0.15) is 5.56 Å². The Kier molecular flexibility index (Phi) is 7.26. The highest BCUT2D eigenvalue weighted by atomic mass is 32.2. The van der Waals surface area contributed by atoms with E-state index < -0.39 is 16.6 Å². The van der Waals surface area contributed by atoms with Crippen LogP contribution in [0.4, 0.5) is 13.2 Å². The van der Waals surface area contributed by atoms with E-state index in [0.717, 1.165) is 4.31 Å². The number of ether oxygens (including phenoxy) is 1. The molecule has 1 aliphatic heterocycles. The number of carbonyl (C=O) groups excluding carboxylic acids is 1. The van der Waals surface area contributed by atoms with Gasteiger partial charge in [-0.25, -0.2) is 0 Å². The Balaban J connectivity index is 1.83. The molecule has 1 aliphatic rings. The Hall–Kier alpha value is -1.89. The maximum Gasteiger partial charge on any atom is 0.573 e. The summed E-state index contributed by atoms with van der Waals surface area (Å²) in [5, 5.41) is 2.56. The number of hydrogen-bond donors (Lipinski definition) is 1. The molecule has 0 spiro atoms. The minimum atomic E-state index is -4.81. The molecule has 8 nitrogen and oxygen atoms in total. The van der Waals surface area contributed by atoms with E-state index in [0.29, 0.717) is 13.1 Å². The molecule has 1 N–H and O–H groups in total. The zero-order chi connectivity index (χ0) is 20.9. The van der Waals surface area contributed by atoms with Gasteiger partial charge in [-0.3, -0.25) is 9.69 Å². The van der Waals surface area contributed by atoms with Gasteiger partial charge >= 0.3 is 6.36 Å². The van der Waals surface area contributed by atoms with Crippen LogP contribution in [-0.2, 0) is 21.5 Å². The molecule has 1 fully saturated rings. The maximum atomic E-state index is 12.4. The first-order valence-electron chi connectivity index (χ1n) is 8.49. The fourth-order valence-corrected chi connectivity index (χ4v) is 3.76. The molecule has 1 aromatic rings. The Morgan fingerprint density at radius 1 is 1.18 bits per heavy atom. The van der Waals surface area contributed by atoms with Gasteiger partial charge in [0.25, 0.3) is 10.2 Å². The fourth-order valence-electron chi connectivity index (χ4n) is 2.68. The number of piperazine rings is 1. The summed E-state index contributed by atoms with van der Waals surface area (Å²) >= 11 is 0. The van der Waals surface area contributed by atoms with Gasteiger partial charge in [0, 0.05) is 52.4 Å². The van der Waals surface area contributed by atoms with Crippen molar-refractivity contribution in [2.45, 2.75) is 12.9 Å². The summed E-state index contributed by atoms with van der Waals surface area (Å²) < 4.78 is 67.8. The van der Waals surface area contributed by atoms with Crippen LogP contribution in [0.25, 0.3) is 0 Å². The number of hydrogen-bond acceptors (Lipinski definition) is 5. The smallest absolute Gasteiger partial charge is 0.405 e. The van der Waals surface area contributed by atoms with E-state index in [2.05, 4.69) is 10.1 Å². The molecular formula is C16H23F3N4O4S. The number of amides is 1. The normalized spacial score (nSPS) is 16.9. The lowest BCUT2D eigenvalue weighted by atomic mass is 10.2. The van der Waals surface area contributed by atoms with Gasteiger partial charge in [-0.2, -0.15) is 17.0 Å². The van der Waals surface area contributed by atoms with Gasteiger partial charge in [-0.1, -0.05) is 18.2 Å². The van der Waals surface area contributed by atoms with E-state index >= 15 is 0 Å². The number of carbonyl (C=O) groups is 1. The van der Waals surface area contributed by atoms with Crippen LogP contribution >= 0.6 is 0 Å². The van der Waals surface area contributed by atoms with Crippen LogP contribution in [-0.4, -0.2) is 81.0 Å². The van der Waals surface area contributed by atoms with Gasteiger partial charge in [0.2, 0.25) is 5.91 Å². The highest BCUT2D eigenvalue weighted by Crippen LogP contribution is 2.26. The predicted octanol–water partition coefficient (Wildman–Crippen LogP) is 0.625. The van der Waals surface area contributed by atoms with E-state index in [4.69, 9.17) is 0 Å². The molecule has 0 atom stereocenters. The third kappa shape index (κ3) is 6.33. The first-order valence-corrected chi connectivity index (χ1v) is 9.89. The van der Waals surface area contributed by atoms with Crippen molar-refractivity contribution in [1.29, 1.82) is 0 Å². The Labute approximate surface area is 162 Å². The number of nitrogens with zero attached hydrogens (tertiary/aromatic N) is 3. The second-order valence-electron chi connectivity index (χ2n) is 6.40. The van der Waals surface area contributed by atoms with Crippen molar-refractivity contribution in [3.05, 3.63) is 29.8 Å². The number of alkyl halides is 3. The van der Waals surface area contributed by atoms with Gasteiger partial charge in [0.15, 0.2) is 0 Å². The van der Waals surface area contributed by atoms with Crippen molar-refractivity contribution >= 4 is 16.1 Å². The van der Waals surface area contributed by atoms with Crippen LogP contribution in [0.5, 0.6) is 5.75 Å². The molecule has 0 bridgehead atoms. The molecule has 0 aromatic heterocycles. The summed E-state index contributed by atoms with van der Waals surface area (Å²) in [6.45, 7) is 1.20. The molecule has 1 heterocycles. The third-order valence-corrected chi connectivity index (χ3v) is 6.10. The fraction of sp³-hybridized carbons (Fsp3) is 0.562. The number of para-hydroxylation sites is 1. The topological polar surface area (TPSA) is 82.2 Å². The molecule has 1 aromatic carbocycles. The number of benzene rings is 1. The number of rotatable bonds is 7. The average molecular weight is 424 g/mol. The van der Waals surface area contributed by atoms with Crippen LogP contribution < -0.4 is 10.1 Å². The molecule has 0 radical (unpaired) electrons. The molecule has 28 heavy (non-hydrogen) atoms. The van der Waals surface area contributed by atoms with E-state index in [1.165, 1.54) is 36.6 Å². The summed E-state index contributed by atoms with van der Waals surface area (Å²) in [6, 6.07) is 5.58. The molecule has 1 saturated heterocycles. The van der Waals surface area contributed by atoms with Crippen molar-refractivity contribution in [3.8, 4) is 5.75 Å². The molecule has 12 heteroatoms. The predicted molar refractivity (Wildman–Crippen MR) is 95.6 cm³/mol. The summed E-state index contributed by atoms with van der Waals surface area (Å²) in [7, 11) is -0.577. The monoisotopic (exact) mass is 424 g/mol. The molecule has 0 saturated carbocycles. The van der Waals surface area contributed by atoms with Crippen molar-refractivity contribution in [2.24, 2.45) is 0 Å². The maximum absolute atomic E-state index is 12.4. The quantitative estimate of drug-likeness (QED) is 0.694. The van der Waals surface area contributed by atoms with Crippen LogP contribution in [0, 0.1) is 0 Å². The molecule has 0 aliphatic carbocycles. The summed E-state index contributed by atoms with van der Waals surface area (Å²) in [4.78, 5) is 13.9. The van der Waals surface area contributed by atoms with E-state index in [-0.39, 0.29) is 43.4 Å². The average Bonchev–Trinajstić information content (AvgIpc) is 2.60. The SMILES string of the molecule is CN(C)S(=O)(=O)N1CCN(CC(=O)NCc2ccccc2OC(F)(F)F)CC1. The Morgan fingerprint density at radius 3 is 2.36 bits per heavy atom. The van der Waals surface area contributed by atoms with Crippen molar-refractivity contribution in [2.75, 3.05) is 46.8 Å². The van der Waals surface area contributed by atoms with Crippen molar-refractivity contribution in [3.63, 3.8) is 0 Å². The van der Waals surface area contributed by atoms with Gasteiger partial charge in [-0.15, -0.1) is 13.2 Å². The van der Waals surface area contributed by atoms with Crippen LogP contribution in [0.3, 0.4) is 0 Å². The molecule has 2 rings (SSSR count). The minimum absolute atomic E-state index is 0.0259. The second kappa shape index (κ2) is 9.07. The largest absolute Gasteiger partial charge is 0.573 e. The number of nitrogens with one attached hydrogen (secondary N) is 1. The standard InChI is InChI=1S/C16H23F3N4O4S/c1-21(2)28(25,26)23-9-7-22(8-10-23)12-15(24)20-11-13-5-3-4-6-14(13)27-16(17,18)19/h3-6H,7-12H2,1-2H3,(H,20,24). The minimum Gasteiger partial charge on any atom is -0.405 e. The van der Waals surface area contributed by atoms with Gasteiger partial charge < -0.3 is 10.1 Å². The summed E-state index contributed by atoms with van der Waals surface area (Å²) in [5.41, 5.74) is 0.204. The highest BCUT2D eigenvalue weighted by molar-refractivity contribution is 7.86. The zero-order valence-electron chi connectivity index (χ0n) is 15.6. The van der Waals surface area contributed by atoms with Gasteiger partial charge in [-0.05, 0) is 6.07 Å². The number of halogens is 3. The highest BCUT2D eigenvalue weighted by Gasteiger charge is 2.32. The summed E-state index contributed by atoms with van der Waals surface area (Å²) in [5.74, 6) is -0.733. The van der Waals surface area contributed by atoms with E-state index in [1.54, 1.807) is 11.0 Å². The lowest BCUT2D eigenvalue weighted by molar-refractivity contribution is -0.274. The third-order valence-electron chi connectivity index (χ3n) is 4.16. The first-order chi connectivity index (χ1) is 13.0. The lowest BCUT2D eigenvalue weighted by Crippen LogP contribution is -2.53. The van der Waals surface area contributed by atoms with Crippen LogP contribution in [0.2, 0.25) is 0 Å². The lowest BCUT2D eigenvalue weighted by Gasteiger charge is -2.34. The molecule has 0 unspecified atom stereocenters. The van der Waals surface area contributed by atoms with Crippen molar-refractivity contribution < 1.29 is 31.1 Å². The second-order valence-corrected chi connectivity index (χ2v) is 8.54. The van der Waals surface area contributed by atoms with Gasteiger partial charge in [0.05, 0.1) is 6.54 Å². The Bertz CT molecular complexity index is 778. The first kappa shape index (κ1) is 22.4. The van der Waals surface area contributed by atoms with E-state index in [1.807, 2.05) is 0 Å². The molecular weight excluding hydrogens is 401 g/mol. The van der Waals surface area contributed by atoms with Crippen molar-refractivity contribution in [1.82, 2.24) is 18.8 Å². The van der Waals surface area contributed by atoms with E-state index in [9.17, 15) is 26.4 Å². The van der Waals surface area contributed by atoms with Crippen LogP contribution in [0.15, 0.2) is 24.3 Å². The summed E-state index contributed by atoms with van der Waals surface area (Å²) in [6.07, 6.45) is -4.81. The van der Waals surface area contributed by atoms with Gasteiger partial charge in [0.1, 0.15) is 5.75 Å². The Morgan fingerprint density at radius 2 is 1.79 bits per heavy atom. The zero-order valence-corrected chi connectivity index (χ0v) is 16.4. The molecule has 158 valence electrons.